The number of carbonyl (C=O) groups is 2. The molecule has 1 aliphatic heterocycles. The minimum Gasteiger partial charge on any atom is -0.481 e. The average Bonchev–Trinajstić information content (AvgIpc) is 2.43. The van der Waals surface area contributed by atoms with Gasteiger partial charge in [0.2, 0.25) is 0 Å². The number of carboxylic acid groups (broad SMARTS) is 1. The third-order valence-electron chi connectivity index (χ3n) is 3.47. The molecule has 0 fully saturated rings. The number of aliphatic hydroxyl groups is 1. The van der Waals surface area contributed by atoms with Crippen LogP contribution in [0.5, 0.6) is 0 Å². The number of amides is 1. The normalized spacial score (nSPS) is 16.3. The van der Waals surface area contributed by atoms with Gasteiger partial charge >= 0.3 is 5.97 Å². The number of anilines is 1. The van der Waals surface area contributed by atoms with Crippen molar-refractivity contribution in [1.29, 1.82) is 0 Å². The van der Waals surface area contributed by atoms with Crippen LogP contribution in [0.15, 0.2) is 18.2 Å². The molecule has 1 amide bonds. The number of aliphatic carboxylic acids is 1. The van der Waals surface area contributed by atoms with Crippen LogP contribution in [0.4, 0.5) is 5.69 Å². The second kappa shape index (κ2) is 6.13. The van der Waals surface area contributed by atoms with Crippen LogP contribution in [-0.4, -0.2) is 40.8 Å². The zero-order valence-corrected chi connectivity index (χ0v) is 12.0. The van der Waals surface area contributed by atoms with Crippen molar-refractivity contribution in [3.8, 4) is 0 Å². The summed E-state index contributed by atoms with van der Waals surface area (Å²) in [4.78, 5) is 22.7. The van der Waals surface area contributed by atoms with Crippen molar-refractivity contribution in [2.24, 2.45) is 0 Å². The minimum atomic E-state index is -1.46. The van der Waals surface area contributed by atoms with Crippen molar-refractivity contribution in [1.82, 2.24) is 5.32 Å². The molecule has 1 atom stereocenters. The Morgan fingerprint density at radius 1 is 1.43 bits per heavy atom. The standard InChI is InChI=1S/C15H20N2O4/c1-15(21,8-13(18)19)9-17-14(20)11-4-5-12-10(7-11)3-2-6-16-12/h4-5,7,16,21H,2-3,6,8-9H2,1H3,(H,17,20)(H,18,19). The maximum absolute atomic E-state index is 12.1. The summed E-state index contributed by atoms with van der Waals surface area (Å²) in [6.07, 6.45) is 1.55. The Balaban J connectivity index is 1.99. The summed E-state index contributed by atoms with van der Waals surface area (Å²) in [6.45, 7) is 2.22. The van der Waals surface area contributed by atoms with Crippen LogP contribution in [0.2, 0.25) is 0 Å². The molecule has 0 saturated carbocycles. The first-order chi connectivity index (χ1) is 9.87. The van der Waals surface area contributed by atoms with E-state index in [9.17, 15) is 14.7 Å². The number of carboxylic acids is 1. The van der Waals surface area contributed by atoms with Crippen LogP contribution in [0, 0.1) is 0 Å². The van der Waals surface area contributed by atoms with Gasteiger partial charge in [0.05, 0.1) is 12.0 Å². The molecule has 21 heavy (non-hydrogen) atoms. The number of hydrogen-bond acceptors (Lipinski definition) is 4. The van der Waals surface area contributed by atoms with Gasteiger partial charge in [-0.25, -0.2) is 0 Å². The fraction of sp³-hybridized carbons (Fsp3) is 0.467. The Kier molecular flexibility index (Phi) is 4.47. The maximum Gasteiger partial charge on any atom is 0.306 e. The van der Waals surface area contributed by atoms with E-state index in [4.69, 9.17) is 5.11 Å². The molecule has 114 valence electrons. The van der Waals surface area contributed by atoms with Crippen molar-refractivity contribution < 1.29 is 19.8 Å². The van der Waals surface area contributed by atoms with Crippen LogP contribution < -0.4 is 10.6 Å². The van der Waals surface area contributed by atoms with Crippen molar-refractivity contribution in [2.45, 2.75) is 31.8 Å². The molecule has 0 aliphatic carbocycles. The molecule has 0 radical (unpaired) electrons. The van der Waals surface area contributed by atoms with Gasteiger partial charge in [-0.1, -0.05) is 0 Å². The molecule has 2 rings (SSSR count). The topological polar surface area (TPSA) is 98.7 Å². The fourth-order valence-corrected chi connectivity index (χ4v) is 2.38. The van der Waals surface area contributed by atoms with E-state index in [2.05, 4.69) is 10.6 Å². The van der Waals surface area contributed by atoms with E-state index in [0.29, 0.717) is 5.56 Å². The summed E-state index contributed by atoms with van der Waals surface area (Å²) >= 11 is 0. The summed E-state index contributed by atoms with van der Waals surface area (Å²) < 4.78 is 0. The minimum absolute atomic E-state index is 0.104. The van der Waals surface area contributed by atoms with Gasteiger partial charge in [-0.15, -0.1) is 0 Å². The summed E-state index contributed by atoms with van der Waals surface area (Å²) in [5, 5.41) is 24.4. The first kappa shape index (κ1) is 15.3. The molecule has 6 heteroatoms. The predicted molar refractivity (Wildman–Crippen MR) is 78.5 cm³/mol. The van der Waals surface area contributed by atoms with E-state index in [1.807, 2.05) is 12.1 Å². The van der Waals surface area contributed by atoms with Gasteiger partial charge in [0.15, 0.2) is 0 Å². The van der Waals surface area contributed by atoms with Gasteiger partial charge in [0.25, 0.3) is 5.91 Å². The molecule has 1 aromatic carbocycles. The molecule has 1 unspecified atom stereocenters. The lowest BCUT2D eigenvalue weighted by atomic mass is 10.00. The zero-order chi connectivity index (χ0) is 15.5. The van der Waals surface area contributed by atoms with E-state index in [-0.39, 0.29) is 12.5 Å². The van der Waals surface area contributed by atoms with Crippen molar-refractivity contribution in [3.05, 3.63) is 29.3 Å². The summed E-state index contributed by atoms with van der Waals surface area (Å²) in [5.74, 6) is -1.41. The molecular formula is C15H20N2O4. The van der Waals surface area contributed by atoms with Crippen LogP contribution in [-0.2, 0) is 11.2 Å². The Labute approximate surface area is 123 Å². The van der Waals surface area contributed by atoms with E-state index in [0.717, 1.165) is 30.6 Å². The Hall–Kier alpha value is -2.08. The number of aryl methyl sites for hydroxylation is 1. The highest BCUT2D eigenvalue weighted by atomic mass is 16.4. The SMILES string of the molecule is CC(O)(CNC(=O)c1ccc2c(c1)CCCN2)CC(=O)O. The monoisotopic (exact) mass is 292 g/mol. The molecule has 1 aromatic rings. The van der Waals surface area contributed by atoms with Crippen LogP contribution in [0.3, 0.4) is 0 Å². The zero-order valence-electron chi connectivity index (χ0n) is 12.0. The Bertz CT molecular complexity index is 555. The number of fused-ring (bicyclic) bond motifs is 1. The smallest absolute Gasteiger partial charge is 0.306 e. The lowest BCUT2D eigenvalue weighted by molar-refractivity contribution is -0.141. The van der Waals surface area contributed by atoms with E-state index in [1.54, 1.807) is 6.07 Å². The van der Waals surface area contributed by atoms with Gasteiger partial charge in [-0.3, -0.25) is 9.59 Å². The highest BCUT2D eigenvalue weighted by Crippen LogP contribution is 2.22. The van der Waals surface area contributed by atoms with Crippen molar-refractivity contribution in [2.75, 3.05) is 18.4 Å². The summed E-state index contributed by atoms with van der Waals surface area (Å²) in [6, 6.07) is 5.43. The molecule has 0 spiro atoms. The second-order valence-electron chi connectivity index (χ2n) is 5.65. The molecule has 0 aromatic heterocycles. The van der Waals surface area contributed by atoms with E-state index < -0.39 is 18.0 Å². The molecule has 0 bridgehead atoms. The van der Waals surface area contributed by atoms with Gasteiger partial charge in [-0.05, 0) is 43.5 Å². The quantitative estimate of drug-likeness (QED) is 0.649. The Morgan fingerprint density at radius 3 is 2.90 bits per heavy atom. The third-order valence-corrected chi connectivity index (χ3v) is 3.47. The van der Waals surface area contributed by atoms with Gasteiger partial charge in [-0.2, -0.15) is 0 Å². The number of hydrogen-bond donors (Lipinski definition) is 4. The number of benzene rings is 1. The lowest BCUT2D eigenvalue weighted by Crippen LogP contribution is -2.42. The van der Waals surface area contributed by atoms with Gasteiger partial charge in [0.1, 0.15) is 0 Å². The maximum atomic E-state index is 12.1. The van der Waals surface area contributed by atoms with Crippen molar-refractivity contribution in [3.63, 3.8) is 0 Å². The number of rotatable bonds is 5. The summed E-state index contributed by atoms with van der Waals surface area (Å²) in [7, 11) is 0. The molecular weight excluding hydrogens is 272 g/mol. The van der Waals surface area contributed by atoms with Gasteiger partial charge in [0, 0.05) is 24.3 Å². The summed E-state index contributed by atoms with van der Waals surface area (Å²) in [5.41, 5.74) is 1.21. The second-order valence-corrected chi connectivity index (χ2v) is 5.65. The first-order valence-corrected chi connectivity index (χ1v) is 6.96. The molecule has 6 nitrogen and oxygen atoms in total. The van der Waals surface area contributed by atoms with E-state index in [1.165, 1.54) is 6.92 Å². The average molecular weight is 292 g/mol. The molecule has 1 aliphatic rings. The number of carbonyl (C=O) groups excluding carboxylic acids is 1. The fourth-order valence-electron chi connectivity index (χ4n) is 2.38. The number of nitrogens with one attached hydrogen (secondary N) is 2. The first-order valence-electron chi connectivity index (χ1n) is 6.96. The molecule has 4 N–H and O–H groups in total. The Morgan fingerprint density at radius 2 is 2.19 bits per heavy atom. The molecule has 0 saturated heterocycles. The highest BCUT2D eigenvalue weighted by Gasteiger charge is 2.25. The van der Waals surface area contributed by atoms with Gasteiger partial charge < -0.3 is 20.8 Å². The largest absolute Gasteiger partial charge is 0.481 e. The van der Waals surface area contributed by atoms with E-state index >= 15 is 0 Å². The molecule has 1 heterocycles. The van der Waals surface area contributed by atoms with Crippen molar-refractivity contribution >= 4 is 17.6 Å². The predicted octanol–water partition coefficient (Wildman–Crippen LogP) is 1.00. The van der Waals surface area contributed by atoms with Crippen LogP contribution >= 0.6 is 0 Å². The highest BCUT2D eigenvalue weighted by molar-refractivity contribution is 5.95. The van der Waals surface area contributed by atoms with Crippen LogP contribution in [0.25, 0.3) is 0 Å². The third kappa shape index (κ3) is 4.19. The lowest BCUT2D eigenvalue weighted by Gasteiger charge is -2.22. The van der Waals surface area contributed by atoms with Crippen LogP contribution in [0.1, 0.15) is 35.7 Å².